The number of halogens is 1. The third kappa shape index (κ3) is 3.70. The van der Waals surface area contributed by atoms with Crippen LogP contribution in [0, 0.1) is 0 Å². The molecule has 3 N–H and O–H groups in total. The quantitative estimate of drug-likeness (QED) is 0.707. The van der Waals surface area contributed by atoms with Crippen LogP contribution >= 0.6 is 11.6 Å². The number of nitrogens with one attached hydrogen (secondary N) is 1. The van der Waals surface area contributed by atoms with Gasteiger partial charge in [-0.25, -0.2) is 4.79 Å². The van der Waals surface area contributed by atoms with Gasteiger partial charge in [-0.05, 0) is 54.7 Å². The topological polar surface area (TPSA) is 76.2 Å². The average Bonchev–Trinajstić information content (AvgIpc) is 3.12. The number of nitrogens with two attached hydrogens (primary N) is 1. The van der Waals surface area contributed by atoms with Gasteiger partial charge in [0.2, 0.25) is 0 Å². The summed E-state index contributed by atoms with van der Waals surface area (Å²) in [6.07, 6.45) is 7.84. The first-order valence-corrected chi connectivity index (χ1v) is 9.99. The fraction of sp³-hybridized carbons (Fsp3) is 0.333. The summed E-state index contributed by atoms with van der Waals surface area (Å²) in [6, 6.07) is 9.90. The number of aromatic nitrogens is 2. The molecule has 0 radical (unpaired) electrons. The Labute approximate surface area is 169 Å². The molecule has 1 aliphatic heterocycles. The van der Waals surface area contributed by atoms with Gasteiger partial charge in [0, 0.05) is 54.7 Å². The minimum Gasteiger partial charge on any atom is -0.337 e. The van der Waals surface area contributed by atoms with Crippen molar-refractivity contribution < 1.29 is 4.79 Å². The number of benzene rings is 1. The molecule has 1 fully saturated rings. The Morgan fingerprint density at radius 1 is 1.21 bits per heavy atom. The summed E-state index contributed by atoms with van der Waals surface area (Å²) >= 11 is 6.05. The molecule has 0 spiro atoms. The Hall–Kier alpha value is -2.57. The molecule has 0 bridgehead atoms. The van der Waals surface area contributed by atoms with E-state index in [2.05, 4.69) is 27.1 Å². The summed E-state index contributed by atoms with van der Waals surface area (Å²) in [5.41, 5.74) is 8.93. The molecular formula is C21H24ClN5O. The molecule has 2 aromatic heterocycles. The summed E-state index contributed by atoms with van der Waals surface area (Å²) in [4.78, 5) is 18.4. The van der Waals surface area contributed by atoms with Gasteiger partial charge in [-0.2, -0.15) is 0 Å². The van der Waals surface area contributed by atoms with E-state index in [9.17, 15) is 4.79 Å². The minimum atomic E-state index is -0.0170. The summed E-state index contributed by atoms with van der Waals surface area (Å²) in [7, 11) is 0. The summed E-state index contributed by atoms with van der Waals surface area (Å²) in [6.45, 7) is 2.47. The number of piperidine rings is 1. The predicted octanol–water partition coefficient (Wildman–Crippen LogP) is 3.53. The molecule has 1 aromatic carbocycles. The van der Waals surface area contributed by atoms with Gasteiger partial charge in [0.15, 0.2) is 0 Å². The number of carbonyl (C=O) groups excluding carboxylic acids is 1. The SMILES string of the molecule is NCCNC(=O)N1CCC(c2cn(-c3ccc(Cl)cc3)c3cnccc23)CC1. The van der Waals surface area contributed by atoms with Crippen molar-refractivity contribution in [3.8, 4) is 5.69 Å². The van der Waals surface area contributed by atoms with Gasteiger partial charge in [0.1, 0.15) is 0 Å². The highest BCUT2D eigenvalue weighted by Crippen LogP contribution is 2.35. The largest absolute Gasteiger partial charge is 0.337 e. The van der Waals surface area contributed by atoms with Crippen molar-refractivity contribution in [3.05, 3.63) is 59.5 Å². The highest BCUT2D eigenvalue weighted by molar-refractivity contribution is 6.30. The van der Waals surface area contributed by atoms with Crippen molar-refractivity contribution in [1.29, 1.82) is 0 Å². The molecule has 146 valence electrons. The monoisotopic (exact) mass is 397 g/mol. The lowest BCUT2D eigenvalue weighted by Crippen LogP contribution is -2.45. The van der Waals surface area contributed by atoms with Crippen LogP contribution in [0.4, 0.5) is 4.79 Å². The molecule has 3 heterocycles. The average molecular weight is 398 g/mol. The molecule has 0 aliphatic carbocycles. The molecule has 0 saturated carbocycles. The van der Waals surface area contributed by atoms with E-state index < -0.39 is 0 Å². The van der Waals surface area contributed by atoms with Crippen LogP contribution in [0.15, 0.2) is 48.9 Å². The number of pyridine rings is 1. The van der Waals surface area contributed by atoms with Crippen LogP contribution in [-0.4, -0.2) is 46.7 Å². The van der Waals surface area contributed by atoms with E-state index in [4.69, 9.17) is 17.3 Å². The Morgan fingerprint density at radius 3 is 2.68 bits per heavy atom. The van der Waals surface area contributed by atoms with Crippen LogP contribution in [0.1, 0.15) is 24.3 Å². The molecule has 1 aliphatic rings. The predicted molar refractivity (Wildman–Crippen MR) is 112 cm³/mol. The van der Waals surface area contributed by atoms with E-state index >= 15 is 0 Å². The highest BCUT2D eigenvalue weighted by Gasteiger charge is 2.26. The normalized spacial score (nSPS) is 15.1. The molecule has 0 unspecified atom stereocenters. The third-order valence-electron chi connectivity index (χ3n) is 5.39. The van der Waals surface area contributed by atoms with Gasteiger partial charge in [-0.3, -0.25) is 4.98 Å². The van der Waals surface area contributed by atoms with E-state index in [1.165, 1.54) is 10.9 Å². The zero-order chi connectivity index (χ0) is 19.5. The standard InChI is InChI=1S/C21H24ClN5O/c22-16-1-3-17(4-2-16)27-14-19(18-5-9-24-13-20(18)27)15-6-11-26(12-7-15)21(28)25-10-8-23/h1-5,9,13-15H,6-8,10-12,23H2,(H,25,28). The third-order valence-corrected chi connectivity index (χ3v) is 5.64. The van der Waals surface area contributed by atoms with Crippen LogP contribution in [0.3, 0.4) is 0 Å². The second kappa shape index (κ2) is 8.20. The van der Waals surface area contributed by atoms with Crippen molar-refractivity contribution in [2.24, 2.45) is 5.73 Å². The lowest BCUT2D eigenvalue weighted by molar-refractivity contribution is 0.182. The maximum atomic E-state index is 12.2. The molecule has 2 amide bonds. The molecule has 7 heteroatoms. The summed E-state index contributed by atoms with van der Waals surface area (Å²) < 4.78 is 2.17. The maximum Gasteiger partial charge on any atom is 0.317 e. The van der Waals surface area contributed by atoms with Crippen LogP contribution in [0.25, 0.3) is 16.6 Å². The molecule has 28 heavy (non-hydrogen) atoms. The van der Waals surface area contributed by atoms with E-state index in [0.29, 0.717) is 19.0 Å². The van der Waals surface area contributed by atoms with E-state index in [1.54, 1.807) is 0 Å². The number of amides is 2. The number of likely N-dealkylation sites (tertiary alicyclic amines) is 1. The molecule has 6 nitrogen and oxygen atoms in total. The molecule has 1 saturated heterocycles. The first-order chi connectivity index (χ1) is 13.7. The van der Waals surface area contributed by atoms with Gasteiger partial charge in [0.25, 0.3) is 0 Å². The fourth-order valence-corrected chi connectivity index (χ4v) is 4.05. The number of hydrogen-bond acceptors (Lipinski definition) is 3. The van der Waals surface area contributed by atoms with Gasteiger partial charge < -0.3 is 20.5 Å². The Kier molecular flexibility index (Phi) is 5.50. The zero-order valence-electron chi connectivity index (χ0n) is 15.6. The van der Waals surface area contributed by atoms with Gasteiger partial charge >= 0.3 is 6.03 Å². The lowest BCUT2D eigenvalue weighted by Gasteiger charge is -2.32. The van der Waals surface area contributed by atoms with Gasteiger partial charge in [-0.1, -0.05) is 11.6 Å². The van der Waals surface area contributed by atoms with Crippen LogP contribution < -0.4 is 11.1 Å². The van der Waals surface area contributed by atoms with Gasteiger partial charge in [-0.15, -0.1) is 0 Å². The van der Waals surface area contributed by atoms with E-state index in [1.807, 2.05) is 41.6 Å². The van der Waals surface area contributed by atoms with E-state index in [-0.39, 0.29) is 6.03 Å². The van der Waals surface area contributed by atoms with Crippen molar-refractivity contribution in [3.63, 3.8) is 0 Å². The van der Waals surface area contributed by atoms with Gasteiger partial charge in [0.05, 0.1) is 11.7 Å². The van der Waals surface area contributed by atoms with Crippen molar-refractivity contribution >= 4 is 28.5 Å². The molecule has 3 aromatic rings. The highest BCUT2D eigenvalue weighted by atomic mass is 35.5. The first kappa shape index (κ1) is 18.8. The van der Waals surface area contributed by atoms with Crippen molar-refractivity contribution in [1.82, 2.24) is 19.8 Å². The lowest BCUT2D eigenvalue weighted by atomic mass is 9.89. The second-order valence-electron chi connectivity index (χ2n) is 7.11. The Morgan fingerprint density at radius 2 is 1.96 bits per heavy atom. The number of urea groups is 1. The number of hydrogen-bond donors (Lipinski definition) is 2. The summed E-state index contributed by atoms with van der Waals surface area (Å²) in [5, 5.41) is 4.79. The first-order valence-electron chi connectivity index (χ1n) is 9.61. The molecule has 0 atom stereocenters. The minimum absolute atomic E-state index is 0.0170. The van der Waals surface area contributed by atoms with Crippen LogP contribution in [0.2, 0.25) is 5.02 Å². The zero-order valence-corrected chi connectivity index (χ0v) is 16.4. The van der Waals surface area contributed by atoms with E-state index in [0.717, 1.165) is 42.2 Å². The number of carbonyl (C=O) groups is 1. The molecule has 4 rings (SSSR count). The Bertz CT molecular complexity index is 961. The van der Waals surface area contributed by atoms with Crippen molar-refractivity contribution in [2.45, 2.75) is 18.8 Å². The van der Waals surface area contributed by atoms with Crippen LogP contribution in [0.5, 0.6) is 0 Å². The van der Waals surface area contributed by atoms with Crippen LogP contribution in [-0.2, 0) is 0 Å². The van der Waals surface area contributed by atoms with Crippen molar-refractivity contribution in [2.75, 3.05) is 26.2 Å². The summed E-state index contributed by atoms with van der Waals surface area (Å²) in [5.74, 6) is 0.414. The fourth-order valence-electron chi connectivity index (χ4n) is 3.93. The molecular weight excluding hydrogens is 374 g/mol. The maximum absolute atomic E-state index is 12.2. The second-order valence-corrected chi connectivity index (χ2v) is 7.54. The Balaban J connectivity index is 1.58. The number of rotatable bonds is 4. The number of fused-ring (bicyclic) bond motifs is 1. The smallest absolute Gasteiger partial charge is 0.317 e. The number of nitrogens with zero attached hydrogens (tertiary/aromatic N) is 3.